The lowest BCUT2D eigenvalue weighted by molar-refractivity contribution is -0.135. The first-order valence-corrected chi connectivity index (χ1v) is 8.11. The zero-order valence-corrected chi connectivity index (χ0v) is 14.7. The normalized spacial score (nSPS) is 13.7. The molecule has 0 saturated heterocycles. The van der Waals surface area contributed by atoms with Crippen LogP contribution in [0.25, 0.3) is 5.70 Å². The summed E-state index contributed by atoms with van der Waals surface area (Å²) in [6.07, 6.45) is -0.675. The Morgan fingerprint density at radius 3 is 2.23 bits per heavy atom. The van der Waals surface area contributed by atoms with E-state index >= 15 is 0 Å². The van der Waals surface area contributed by atoms with Gasteiger partial charge in [-0.1, -0.05) is 42.5 Å². The highest BCUT2D eigenvalue weighted by Crippen LogP contribution is 2.41. The Morgan fingerprint density at radius 1 is 1.00 bits per heavy atom. The molecule has 1 aliphatic rings. The minimum absolute atomic E-state index is 0.131. The maximum Gasteiger partial charge on any atom is 0.419 e. The van der Waals surface area contributed by atoms with Crippen molar-refractivity contribution in [3.63, 3.8) is 0 Å². The van der Waals surface area contributed by atoms with Crippen molar-refractivity contribution in [3.8, 4) is 5.75 Å². The van der Waals surface area contributed by atoms with Crippen molar-refractivity contribution in [1.82, 2.24) is 0 Å². The molecule has 26 heavy (non-hydrogen) atoms. The largest absolute Gasteiger partial charge is 0.475 e. The number of amides is 1. The second-order valence-corrected chi connectivity index (χ2v) is 6.73. The highest BCUT2D eigenvalue weighted by molar-refractivity contribution is 6.10. The number of fused-ring (bicyclic) bond motifs is 1. The van der Waals surface area contributed by atoms with Crippen LogP contribution in [0.1, 0.15) is 26.3 Å². The number of aliphatic carboxylic acids is 1. The summed E-state index contributed by atoms with van der Waals surface area (Å²) in [4.78, 5) is 26.0. The molecule has 0 aliphatic carbocycles. The average Bonchev–Trinajstić information content (AvgIpc) is 2.59. The quantitative estimate of drug-likeness (QED) is 0.872. The van der Waals surface area contributed by atoms with Gasteiger partial charge in [0.25, 0.3) is 0 Å². The van der Waals surface area contributed by atoms with E-state index in [9.17, 15) is 14.7 Å². The van der Waals surface area contributed by atoms with E-state index in [-0.39, 0.29) is 17.2 Å². The molecule has 0 aromatic heterocycles. The van der Waals surface area contributed by atoms with E-state index in [0.717, 1.165) is 0 Å². The summed E-state index contributed by atoms with van der Waals surface area (Å²) in [5.41, 5.74) is 0.345. The molecule has 0 radical (unpaired) electrons. The lowest BCUT2D eigenvalue weighted by Gasteiger charge is -2.33. The number of ether oxygens (including phenoxy) is 2. The number of carbonyl (C=O) groups is 2. The van der Waals surface area contributed by atoms with E-state index in [0.29, 0.717) is 11.3 Å². The van der Waals surface area contributed by atoms with Crippen LogP contribution in [0.3, 0.4) is 0 Å². The molecule has 3 rings (SSSR count). The molecule has 2 aromatic carbocycles. The molecule has 6 nitrogen and oxygen atoms in total. The van der Waals surface area contributed by atoms with Gasteiger partial charge in [0, 0.05) is 5.56 Å². The zero-order valence-electron chi connectivity index (χ0n) is 14.7. The van der Waals surface area contributed by atoms with Crippen LogP contribution in [-0.2, 0) is 9.53 Å². The summed E-state index contributed by atoms with van der Waals surface area (Å²) < 4.78 is 11.1. The molecule has 134 valence electrons. The van der Waals surface area contributed by atoms with E-state index in [2.05, 4.69) is 0 Å². The summed E-state index contributed by atoms with van der Waals surface area (Å²) in [7, 11) is 0. The maximum absolute atomic E-state index is 12.9. The Bertz CT molecular complexity index is 881. The third-order valence-electron chi connectivity index (χ3n) is 3.57. The molecule has 0 saturated carbocycles. The van der Waals surface area contributed by atoms with Gasteiger partial charge in [0.05, 0.1) is 5.69 Å². The number of benzene rings is 2. The standard InChI is InChI=1S/C20H19NO5/c1-20(2,3)26-19(24)21-14-11-7-8-12-15(14)25-17(18(22)23)16(21)13-9-5-4-6-10-13/h4-12H,1-3H3,(H,22,23). The fourth-order valence-corrected chi connectivity index (χ4v) is 2.61. The van der Waals surface area contributed by atoms with E-state index in [1.165, 1.54) is 4.90 Å². The van der Waals surface area contributed by atoms with Crippen LogP contribution in [0.15, 0.2) is 60.4 Å². The third kappa shape index (κ3) is 3.39. The van der Waals surface area contributed by atoms with E-state index in [4.69, 9.17) is 9.47 Å². The summed E-state index contributed by atoms with van der Waals surface area (Å²) in [5.74, 6) is -1.33. The highest BCUT2D eigenvalue weighted by atomic mass is 16.6. The monoisotopic (exact) mass is 353 g/mol. The van der Waals surface area contributed by atoms with Gasteiger partial charge >= 0.3 is 12.1 Å². The Labute approximate surface area is 151 Å². The predicted molar refractivity (Wildman–Crippen MR) is 96.8 cm³/mol. The van der Waals surface area contributed by atoms with Crippen molar-refractivity contribution in [3.05, 3.63) is 65.9 Å². The number of rotatable bonds is 2. The van der Waals surface area contributed by atoms with Gasteiger partial charge in [-0.15, -0.1) is 0 Å². The molecule has 0 spiro atoms. The second kappa shape index (κ2) is 6.55. The van der Waals surface area contributed by atoms with Crippen LogP contribution in [0, 0.1) is 0 Å². The van der Waals surface area contributed by atoms with Crippen LogP contribution < -0.4 is 9.64 Å². The van der Waals surface area contributed by atoms with Crippen LogP contribution >= 0.6 is 0 Å². The van der Waals surface area contributed by atoms with Crippen molar-refractivity contribution in [2.45, 2.75) is 26.4 Å². The Kier molecular flexibility index (Phi) is 4.42. The van der Waals surface area contributed by atoms with E-state index in [1.807, 2.05) is 0 Å². The van der Waals surface area contributed by atoms with Crippen LogP contribution in [0.2, 0.25) is 0 Å². The van der Waals surface area contributed by atoms with Gasteiger partial charge < -0.3 is 14.6 Å². The SMILES string of the molecule is CC(C)(C)OC(=O)N1C(c2ccccc2)=C(C(=O)O)Oc2ccccc21. The third-order valence-corrected chi connectivity index (χ3v) is 3.57. The molecule has 0 unspecified atom stereocenters. The first-order chi connectivity index (χ1) is 12.3. The molecule has 6 heteroatoms. The van der Waals surface area contributed by atoms with Crippen molar-refractivity contribution < 1.29 is 24.2 Å². The van der Waals surface area contributed by atoms with Gasteiger partial charge in [-0.3, -0.25) is 0 Å². The van der Waals surface area contributed by atoms with Gasteiger partial charge in [-0.2, -0.15) is 0 Å². The molecule has 0 bridgehead atoms. The Morgan fingerprint density at radius 2 is 1.62 bits per heavy atom. The van der Waals surface area contributed by atoms with Gasteiger partial charge in [-0.25, -0.2) is 14.5 Å². The number of para-hydroxylation sites is 2. The number of carbonyl (C=O) groups excluding carboxylic acids is 1. The number of carboxylic acid groups (broad SMARTS) is 1. The topological polar surface area (TPSA) is 76.1 Å². The van der Waals surface area contributed by atoms with Crippen molar-refractivity contribution >= 4 is 23.4 Å². The number of hydrogen-bond donors (Lipinski definition) is 1. The number of anilines is 1. The van der Waals surface area contributed by atoms with Gasteiger partial charge in [0.1, 0.15) is 11.3 Å². The molecular formula is C20H19NO5. The van der Waals surface area contributed by atoms with Crippen LogP contribution in [-0.4, -0.2) is 22.8 Å². The number of carboxylic acids is 1. The summed E-state index contributed by atoms with van der Waals surface area (Å²) in [6, 6.07) is 15.5. The number of nitrogens with zero attached hydrogens (tertiary/aromatic N) is 1. The van der Waals surface area contributed by atoms with Crippen molar-refractivity contribution in [2.24, 2.45) is 0 Å². The molecule has 2 aromatic rings. The molecule has 1 N–H and O–H groups in total. The molecule has 1 amide bonds. The molecule has 1 heterocycles. The fraction of sp³-hybridized carbons (Fsp3) is 0.200. The van der Waals surface area contributed by atoms with Gasteiger partial charge in [0.15, 0.2) is 5.75 Å². The molecule has 0 fully saturated rings. The lowest BCUT2D eigenvalue weighted by atomic mass is 10.1. The molecular weight excluding hydrogens is 334 g/mol. The summed E-state index contributed by atoms with van der Waals surface area (Å²) >= 11 is 0. The van der Waals surface area contributed by atoms with Crippen LogP contribution in [0.4, 0.5) is 10.5 Å². The lowest BCUT2D eigenvalue weighted by Crippen LogP contribution is -2.39. The average molecular weight is 353 g/mol. The van der Waals surface area contributed by atoms with Crippen molar-refractivity contribution in [2.75, 3.05) is 4.90 Å². The Hall–Kier alpha value is -3.28. The molecule has 1 aliphatic heterocycles. The predicted octanol–water partition coefficient (Wildman–Crippen LogP) is 4.27. The minimum atomic E-state index is -1.27. The highest BCUT2D eigenvalue weighted by Gasteiger charge is 2.37. The minimum Gasteiger partial charge on any atom is -0.475 e. The van der Waals surface area contributed by atoms with E-state index in [1.54, 1.807) is 75.4 Å². The zero-order chi connectivity index (χ0) is 18.9. The van der Waals surface area contributed by atoms with Gasteiger partial charge in [0.2, 0.25) is 5.76 Å². The smallest absolute Gasteiger partial charge is 0.419 e. The van der Waals surface area contributed by atoms with Crippen LogP contribution in [0.5, 0.6) is 5.75 Å². The maximum atomic E-state index is 12.9. The first kappa shape index (κ1) is 17.5. The van der Waals surface area contributed by atoms with Gasteiger partial charge in [-0.05, 0) is 32.9 Å². The second-order valence-electron chi connectivity index (χ2n) is 6.73. The molecule has 0 atom stereocenters. The Balaban J connectivity index is 2.23. The van der Waals surface area contributed by atoms with Crippen molar-refractivity contribution in [1.29, 1.82) is 0 Å². The first-order valence-electron chi connectivity index (χ1n) is 8.11. The van der Waals surface area contributed by atoms with E-state index < -0.39 is 17.7 Å². The summed E-state index contributed by atoms with van der Waals surface area (Å²) in [5, 5.41) is 9.67. The summed E-state index contributed by atoms with van der Waals surface area (Å²) in [6.45, 7) is 5.25. The number of hydrogen-bond acceptors (Lipinski definition) is 4. The fourth-order valence-electron chi connectivity index (χ4n) is 2.61.